The predicted molar refractivity (Wildman–Crippen MR) is 84.8 cm³/mol. The molecule has 1 saturated carbocycles. The number of hydrogen-bond donors (Lipinski definition) is 2. The van der Waals surface area contributed by atoms with E-state index in [4.69, 9.17) is 5.26 Å². The van der Waals surface area contributed by atoms with Crippen molar-refractivity contribution in [3.8, 4) is 6.07 Å². The van der Waals surface area contributed by atoms with Crippen LogP contribution in [0.15, 0.2) is 0 Å². The summed E-state index contributed by atoms with van der Waals surface area (Å²) in [4.78, 5) is 2.24. The molecule has 1 aliphatic heterocycles. The molecule has 0 radical (unpaired) electrons. The first-order valence-electron chi connectivity index (χ1n) is 8.38. The molecule has 1 heterocycles. The average molecular weight is 293 g/mol. The molecule has 1 saturated heterocycles. The quantitative estimate of drug-likeness (QED) is 0.735. The van der Waals surface area contributed by atoms with Crippen molar-refractivity contribution in [2.45, 2.75) is 58.6 Å². The van der Waals surface area contributed by atoms with Gasteiger partial charge < -0.3 is 10.4 Å². The Bertz CT molecular complexity index is 367. The molecule has 120 valence electrons. The zero-order chi connectivity index (χ0) is 15.5. The van der Waals surface area contributed by atoms with Gasteiger partial charge in [0.2, 0.25) is 0 Å². The van der Waals surface area contributed by atoms with E-state index >= 15 is 0 Å². The predicted octanol–water partition coefficient (Wildman–Crippen LogP) is 2.00. The van der Waals surface area contributed by atoms with E-state index in [-0.39, 0.29) is 11.5 Å². The monoisotopic (exact) mass is 293 g/mol. The highest BCUT2D eigenvalue weighted by molar-refractivity contribution is 4.91. The second-order valence-corrected chi connectivity index (χ2v) is 8.23. The Balaban J connectivity index is 1.86. The Morgan fingerprint density at radius 3 is 2.62 bits per heavy atom. The Morgan fingerprint density at radius 1 is 1.33 bits per heavy atom. The fourth-order valence-electron chi connectivity index (χ4n) is 3.32. The van der Waals surface area contributed by atoms with Crippen molar-refractivity contribution >= 4 is 0 Å². The van der Waals surface area contributed by atoms with E-state index in [1.165, 1.54) is 12.8 Å². The third-order valence-corrected chi connectivity index (χ3v) is 4.57. The largest absolute Gasteiger partial charge is 0.393 e. The van der Waals surface area contributed by atoms with Crippen LogP contribution in [0.25, 0.3) is 0 Å². The summed E-state index contributed by atoms with van der Waals surface area (Å²) >= 11 is 0. The van der Waals surface area contributed by atoms with Gasteiger partial charge in [-0.3, -0.25) is 4.90 Å². The van der Waals surface area contributed by atoms with E-state index < -0.39 is 0 Å². The lowest BCUT2D eigenvalue weighted by Crippen LogP contribution is -2.51. The van der Waals surface area contributed by atoms with Crippen LogP contribution in [-0.2, 0) is 0 Å². The highest BCUT2D eigenvalue weighted by atomic mass is 16.3. The topological polar surface area (TPSA) is 59.3 Å². The number of nitrogens with one attached hydrogen (secondary N) is 1. The maximum absolute atomic E-state index is 10.2. The van der Waals surface area contributed by atoms with Crippen LogP contribution in [0.1, 0.15) is 46.5 Å². The number of piperidine rings is 1. The molecule has 0 spiro atoms. The summed E-state index contributed by atoms with van der Waals surface area (Å²) in [5.41, 5.74) is 0.278. The molecule has 4 heteroatoms. The van der Waals surface area contributed by atoms with Crippen LogP contribution in [-0.4, -0.2) is 48.3 Å². The zero-order valence-electron chi connectivity index (χ0n) is 13.8. The fraction of sp³-hybridized carbons (Fsp3) is 0.941. The zero-order valence-corrected chi connectivity index (χ0v) is 13.8. The summed E-state index contributed by atoms with van der Waals surface area (Å²) in [5, 5.41) is 22.8. The van der Waals surface area contributed by atoms with Crippen molar-refractivity contribution in [3.63, 3.8) is 0 Å². The smallest absolute Gasteiger partial charge is 0.0866 e. The molecule has 3 unspecified atom stereocenters. The van der Waals surface area contributed by atoms with Gasteiger partial charge >= 0.3 is 0 Å². The SMILES string of the molecule is CC(C)(C)CNC1CC(CC(O)C2CC2)CN(CC#N)C1. The van der Waals surface area contributed by atoms with Gasteiger partial charge in [-0.2, -0.15) is 5.26 Å². The first kappa shape index (κ1) is 16.7. The molecule has 1 aliphatic carbocycles. The number of likely N-dealkylation sites (tertiary alicyclic amines) is 1. The first-order valence-corrected chi connectivity index (χ1v) is 8.38. The maximum atomic E-state index is 10.2. The van der Waals surface area contributed by atoms with Gasteiger partial charge in [0, 0.05) is 25.7 Å². The van der Waals surface area contributed by atoms with Gasteiger partial charge in [-0.25, -0.2) is 0 Å². The van der Waals surface area contributed by atoms with Crippen molar-refractivity contribution < 1.29 is 5.11 Å². The Kier molecular flexibility index (Phi) is 5.65. The molecule has 2 aliphatic rings. The summed E-state index contributed by atoms with van der Waals surface area (Å²) < 4.78 is 0. The van der Waals surface area contributed by atoms with E-state index in [1.807, 2.05) is 0 Å². The second kappa shape index (κ2) is 7.09. The molecule has 4 nitrogen and oxygen atoms in total. The first-order chi connectivity index (χ1) is 9.87. The molecule has 0 aromatic rings. The molecule has 0 amide bonds. The molecule has 0 aromatic carbocycles. The molecular weight excluding hydrogens is 262 g/mol. The van der Waals surface area contributed by atoms with E-state index in [0.29, 0.717) is 24.4 Å². The minimum Gasteiger partial charge on any atom is -0.393 e. The molecule has 3 atom stereocenters. The third kappa shape index (κ3) is 5.94. The molecule has 0 aromatic heterocycles. The van der Waals surface area contributed by atoms with Crippen molar-refractivity contribution in [3.05, 3.63) is 0 Å². The molecule has 2 fully saturated rings. The van der Waals surface area contributed by atoms with Gasteiger partial charge in [0.05, 0.1) is 18.7 Å². The van der Waals surface area contributed by atoms with Gasteiger partial charge in [-0.1, -0.05) is 20.8 Å². The van der Waals surface area contributed by atoms with Crippen LogP contribution in [0.5, 0.6) is 0 Å². The highest BCUT2D eigenvalue weighted by Gasteiger charge is 2.34. The van der Waals surface area contributed by atoms with E-state index in [9.17, 15) is 5.11 Å². The second-order valence-electron chi connectivity index (χ2n) is 8.23. The molecule has 2 N–H and O–H groups in total. The minimum atomic E-state index is -0.125. The minimum absolute atomic E-state index is 0.125. The van der Waals surface area contributed by atoms with Crippen molar-refractivity contribution in [2.75, 3.05) is 26.2 Å². The summed E-state index contributed by atoms with van der Waals surface area (Å²) in [6.45, 7) is 10.1. The van der Waals surface area contributed by atoms with E-state index in [0.717, 1.165) is 32.5 Å². The number of hydrogen-bond acceptors (Lipinski definition) is 4. The molecule has 2 rings (SSSR count). The summed E-state index contributed by atoms with van der Waals surface area (Å²) in [5.74, 6) is 1.07. The Morgan fingerprint density at radius 2 is 2.05 bits per heavy atom. The number of nitrogens with zero attached hydrogens (tertiary/aromatic N) is 2. The Hall–Kier alpha value is -0.630. The fourth-order valence-corrected chi connectivity index (χ4v) is 3.32. The van der Waals surface area contributed by atoms with Crippen LogP contribution in [0, 0.1) is 28.6 Å². The van der Waals surface area contributed by atoms with Crippen LogP contribution in [0.3, 0.4) is 0 Å². The van der Waals surface area contributed by atoms with Gasteiger partial charge in [0.1, 0.15) is 0 Å². The Labute approximate surface area is 129 Å². The van der Waals surface area contributed by atoms with Crippen LogP contribution in [0.2, 0.25) is 0 Å². The molecular formula is C17H31N3O. The average Bonchev–Trinajstić information content (AvgIpc) is 3.20. The number of nitriles is 1. The maximum Gasteiger partial charge on any atom is 0.0866 e. The summed E-state index contributed by atoms with van der Waals surface area (Å²) in [7, 11) is 0. The van der Waals surface area contributed by atoms with Gasteiger partial charge in [0.25, 0.3) is 0 Å². The van der Waals surface area contributed by atoms with Crippen LogP contribution in [0.4, 0.5) is 0 Å². The van der Waals surface area contributed by atoms with Crippen molar-refractivity contribution in [2.24, 2.45) is 17.3 Å². The van der Waals surface area contributed by atoms with Crippen molar-refractivity contribution in [1.29, 1.82) is 5.26 Å². The standard InChI is InChI=1S/C17H31N3O/c1-17(2,3)12-19-15-8-13(9-16(21)14-4-5-14)10-20(11-15)7-6-18/h13-16,19,21H,4-5,7-12H2,1-3H3. The van der Waals surface area contributed by atoms with E-state index in [2.05, 4.69) is 37.1 Å². The van der Waals surface area contributed by atoms with Crippen LogP contribution >= 0.6 is 0 Å². The number of aliphatic hydroxyl groups excluding tert-OH is 1. The third-order valence-electron chi connectivity index (χ3n) is 4.57. The summed E-state index contributed by atoms with van der Waals surface area (Å²) in [6, 6.07) is 2.72. The number of rotatable bonds is 6. The lowest BCUT2D eigenvalue weighted by molar-refractivity contribution is 0.0780. The highest BCUT2D eigenvalue weighted by Crippen LogP contribution is 2.36. The number of aliphatic hydroxyl groups is 1. The van der Waals surface area contributed by atoms with Crippen molar-refractivity contribution in [1.82, 2.24) is 10.2 Å². The lowest BCUT2D eigenvalue weighted by atomic mass is 9.87. The van der Waals surface area contributed by atoms with E-state index in [1.54, 1.807) is 0 Å². The van der Waals surface area contributed by atoms with Gasteiger partial charge in [0.15, 0.2) is 0 Å². The lowest BCUT2D eigenvalue weighted by Gasteiger charge is -2.39. The summed E-state index contributed by atoms with van der Waals surface area (Å²) in [6.07, 6.45) is 4.30. The normalized spacial score (nSPS) is 29.1. The van der Waals surface area contributed by atoms with Gasteiger partial charge in [-0.05, 0) is 42.9 Å². The molecule has 0 bridgehead atoms. The molecule has 21 heavy (non-hydrogen) atoms. The van der Waals surface area contributed by atoms with Crippen LogP contribution < -0.4 is 5.32 Å². The van der Waals surface area contributed by atoms with Gasteiger partial charge in [-0.15, -0.1) is 0 Å².